The molecule has 2 aromatic rings. The van der Waals surface area contributed by atoms with Crippen molar-refractivity contribution in [2.75, 3.05) is 26.3 Å². The zero-order valence-electron chi connectivity index (χ0n) is 17.0. The molecule has 2 aliphatic heterocycles. The fourth-order valence-electron chi connectivity index (χ4n) is 4.52. The molecular formula is C23H23N3O5. The lowest BCUT2D eigenvalue weighted by Crippen LogP contribution is -2.44. The van der Waals surface area contributed by atoms with Crippen molar-refractivity contribution in [2.45, 2.75) is 24.8 Å². The van der Waals surface area contributed by atoms with Crippen LogP contribution in [0.25, 0.3) is 0 Å². The van der Waals surface area contributed by atoms with Crippen LogP contribution in [0.2, 0.25) is 0 Å². The Labute approximate surface area is 179 Å². The first-order valence-electron chi connectivity index (χ1n) is 10.4. The van der Waals surface area contributed by atoms with E-state index >= 15 is 0 Å². The molecule has 0 bridgehead atoms. The number of fused-ring (bicyclic) bond motifs is 3. The summed E-state index contributed by atoms with van der Waals surface area (Å²) < 4.78 is 11.1. The van der Waals surface area contributed by atoms with Gasteiger partial charge in [-0.15, -0.1) is 0 Å². The highest BCUT2D eigenvalue weighted by molar-refractivity contribution is 6.09. The predicted octanol–water partition coefficient (Wildman–Crippen LogP) is 1.51. The van der Waals surface area contributed by atoms with Gasteiger partial charge in [-0.25, -0.2) is 4.79 Å². The first kappa shape index (κ1) is 19.4. The second kappa shape index (κ2) is 7.61. The molecule has 1 atom stereocenters. The normalized spacial score (nSPS) is 21.2. The molecule has 1 spiro atoms. The number of nitrogens with zero attached hydrogens (tertiary/aromatic N) is 1. The standard InChI is InChI=1S/C23H23N3O5/c27-20(24-10-8-15-5-6-18-19(13-15)31-12-11-30-18)14-26-21(28)23(25-22(26)29)9-7-16-3-1-2-4-17(16)23/h1-6,13H,7-12,14H2,(H,24,27)(H,25,29)/t23-/m1/s1. The highest BCUT2D eigenvalue weighted by Gasteiger charge is 2.55. The van der Waals surface area contributed by atoms with Gasteiger partial charge in [-0.3, -0.25) is 14.5 Å². The van der Waals surface area contributed by atoms with Gasteiger partial charge in [0.1, 0.15) is 25.3 Å². The van der Waals surface area contributed by atoms with Gasteiger partial charge in [0.2, 0.25) is 5.91 Å². The van der Waals surface area contributed by atoms with Crippen LogP contribution in [-0.2, 0) is 28.0 Å². The molecule has 2 heterocycles. The van der Waals surface area contributed by atoms with Crippen LogP contribution in [0.5, 0.6) is 11.5 Å². The molecule has 31 heavy (non-hydrogen) atoms. The van der Waals surface area contributed by atoms with Crippen molar-refractivity contribution in [1.82, 2.24) is 15.5 Å². The maximum atomic E-state index is 13.1. The zero-order valence-corrected chi connectivity index (χ0v) is 17.0. The molecule has 160 valence electrons. The molecule has 8 nitrogen and oxygen atoms in total. The van der Waals surface area contributed by atoms with Crippen LogP contribution in [0.4, 0.5) is 4.79 Å². The average Bonchev–Trinajstić information content (AvgIpc) is 3.27. The van der Waals surface area contributed by atoms with Crippen molar-refractivity contribution in [2.24, 2.45) is 0 Å². The van der Waals surface area contributed by atoms with Crippen LogP contribution in [-0.4, -0.2) is 49.0 Å². The predicted molar refractivity (Wildman–Crippen MR) is 111 cm³/mol. The highest BCUT2D eigenvalue weighted by Crippen LogP contribution is 2.41. The van der Waals surface area contributed by atoms with Crippen LogP contribution in [0, 0.1) is 0 Å². The Hall–Kier alpha value is -3.55. The van der Waals surface area contributed by atoms with E-state index in [2.05, 4.69) is 10.6 Å². The van der Waals surface area contributed by atoms with E-state index in [-0.39, 0.29) is 18.4 Å². The fourth-order valence-corrected chi connectivity index (χ4v) is 4.52. The van der Waals surface area contributed by atoms with Gasteiger partial charge < -0.3 is 20.1 Å². The number of hydrogen-bond acceptors (Lipinski definition) is 5. The topological polar surface area (TPSA) is 97.0 Å². The largest absolute Gasteiger partial charge is 0.486 e. The molecule has 4 amide bonds. The summed E-state index contributed by atoms with van der Waals surface area (Å²) in [5.41, 5.74) is 1.84. The summed E-state index contributed by atoms with van der Waals surface area (Å²) in [6.45, 7) is 1.15. The lowest BCUT2D eigenvalue weighted by molar-refractivity contribution is -0.135. The van der Waals surface area contributed by atoms with E-state index < -0.39 is 11.6 Å². The van der Waals surface area contributed by atoms with Crippen LogP contribution >= 0.6 is 0 Å². The summed E-state index contributed by atoms with van der Waals surface area (Å²) in [5, 5.41) is 5.63. The number of benzene rings is 2. The number of ether oxygens (including phenoxy) is 2. The summed E-state index contributed by atoms with van der Waals surface area (Å²) in [6.07, 6.45) is 1.83. The molecule has 5 rings (SSSR count). The number of urea groups is 1. The van der Waals surface area contributed by atoms with E-state index in [1.165, 1.54) is 0 Å². The third-order valence-corrected chi connectivity index (χ3v) is 6.07. The average molecular weight is 421 g/mol. The molecule has 8 heteroatoms. The van der Waals surface area contributed by atoms with E-state index in [4.69, 9.17) is 9.47 Å². The molecule has 3 aliphatic rings. The van der Waals surface area contributed by atoms with Crippen molar-refractivity contribution < 1.29 is 23.9 Å². The second-order valence-electron chi connectivity index (χ2n) is 7.96. The van der Waals surface area contributed by atoms with Gasteiger partial charge in [-0.1, -0.05) is 30.3 Å². The molecule has 0 saturated carbocycles. The fraction of sp³-hybridized carbons (Fsp3) is 0.348. The second-order valence-corrected chi connectivity index (χ2v) is 7.96. The Kier molecular flexibility index (Phi) is 4.77. The number of nitrogens with one attached hydrogen (secondary N) is 2. The molecule has 1 aliphatic carbocycles. The summed E-state index contributed by atoms with van der Waals surface area (Å²) >= 11 is 0. The number of rotatable bonds is 5. The van der Waals surface area contributed by atoms with E-state index in [9.17, 15) is 14.4 Å². The summed E-state index contributed by atoms with van der Waals surface area (Å²) in [5.74, 6) is 0.699. The quantitative estimate of drug-likeness (QED) is 0.714. The van der Waals surface area contributed by atoms with Crippen molar-refractivity contribution in [3.05, 3.63) is 59.2 Å². The third kappa shape index (κ3) is 3.37. The van der Waals surface area contributed by atoms with Crippen LogP contribution in [0.15, 0.2) is 42.5 Å². The first-order chi connectivity index (χ1) is 15.1. The van der Waals surface area contributed by atoms with Gasteiger partial charge in [-0.2, -0.15) is 0 Å². The first-order valence-corrected chi connectivity index (χ1v) is 10.4. The number of aryl methyl sites for hydroxylation is 1. The minimum atomic E-state index is -1.04. The maximum Gasteiger partial charge on any atom is 0.325 e. The van der Waals surface area contributed by atoms with Gasteiger partial charge in [-0.05, 0) is 48.1 Å². The zero-order chi connectivity index (χ0) is 21.4. The van der Waals surface area contributed by atoms with Gasteiger partial charge >= 0.3 is 6.03 Å². The molecular weight excluding hydrogens is 398 g/mol. The molecule has 1 fully saturated rings. The smallest absolute Gasteiger partial charge is 0.325 e. The molecule has 0 unspecified atom stereocenters. The van der Waals surface area contributed by atoms with Crippen molar-refractivity contribution in [1.29, 1.82) is 0 Å². The number of amides is 4. The van der Waals surface area contributed by atoms with Crippen molar-refractivity contribution >= 4 is 17.8 Å². The SMILES string of the molecule is O=C(CN1C(=O)N[C@@]2(CCc3ccccc32)C1=O)NCCc1ccc2c(c1)OCCO2. The van der Waals surface area contributed by atoms with Gasteiger partial charge in [0.05, 0.1) is 0 Å². The van der Waals surface area contributed by atoms with Crippen molar-refractivity contribution in [3.8, 4) is 11.5 Å². The van der Waals surface area contributed by atoms with E-state index in [1.807, 2.05) is 42.5 Å². The van der Waals surface area contributed by atoms with Gasteiger partial charge in [0.25, 0.3) is 5.91 Å². The molecule has 2 N–H and O–H groups in total. The Morgan fingerprint density at radius 3 is 2.77 bits per heavy atom. The number of imide groups is 1. The Balaban J connectivity index is 1.18. The van der Waals surface area contributed by atoms with Crippen molar-refractivity contribution in [3.63, 3.8) is 0 Å². The maximum absolute atomic E-state index is 13.1. The molecule has 0 aromatic heterocycles. The number of carbonyl (C=O) groups is 3. The Morgan fingerprint density at radius 1 is 1.10 bits per heavy atom. The summed E-state index contributed by atoms with van der Waals surface area (Å²) in [6, 6.07) is 12.8. The minimum absolute atomic E-state index is 0.296. The number of carbonyl (C=O) groups excluding carboxylic acids is 3. The molecule has 2 aromatic carbocycles. The number of hydrogen-bond donors (Lipinski definition) is 2. The van der Waals surface area contributed by atoms with E-state index in [1.54, 1.807) is 0 Å². The third-order valence-electron chi connectivity index (χ3n) is 6.07. The Bertz CT molecular complexity index is 1070. The highest BCUT2D eigenvalue weighted by atomic mass is 16.6. The van der Waals surface area contributed by atoms with Gasteiger partial charge in [0, 0.05) is 6.54 Å². The lowest BCUT2D eigenvalue weighted by Gasteiger charge is -2.22. The van der Waals surface area contributed by atoms with Gasteiger partial charge in [0.15, 0.2) is 11.5 Å². The Morgan fingerprint density at radius 2 is 1.90 bits per heavy atom. The monoisotopic (exact) mass is 421 g/mol. The lowest BCUT2D eigenvalue weighted by atomic mass is 9.92. The summed E-state index contributed by atoms with van der Waals surface area (Å²) in [4.78, 5) is 39.1. The minimum Gasteiger partial charge on any atom is -0.486 e. The van der Waals surface area contributed by atoms with E-state index in [0.717, 1.165) is 33.8 Å². The molecule has 1 saturated heterocycles. The van der Waals surface area contributed by atoms with Crippen LogP contribution in [0.3, 0.4) is 0 Å². The molecule has 0 radical (unpaired) electrons. The van der Waals surface area contributed by atoms with E-state index in [0.29, 0.717) is 38.3 Å². The van der Waals surface area contributed by atoms with Crippen LogP contribution < -0.4 is 20.1 Å². The van der Waals surface area contributed by atoms with Crippen LogP contribution in [0.1, 0.15) is 23.1 Å². The summed E-state index contributed by atoms with van der Waals surface area (Å²) in [7, 11) is 0.